The van der Waals surface area contributed by atoms with E-state index in [1.807, 2.05) is 7.11 Å². The van der Waals surface area contributed by atoms with E-state index in [9.17, 15) is 0 Å². The van der Waals surface area contributed by atoms with Gasteiger partial charge in [-0.1, -0.05) is 25.0 Å². The highest BCUT2D eigenvalue weighted by Crippen LogP contribution is 2.29. The van der Waals surface area contributed by atoms with E-state index in [4.69, 9.17) is 4.74 Å². The maximum absolute atomic E-state index is 5.58. The quantitative estimate of drug-likeness (QED) is 0.823. The zero-order valence-electron chi connectivity index (χ0n) is 10.6. The lowest BCUT2D eigenvalue weighted by Crippen LogP contribution is -2.37. The number of thioether (sulfide) groups is 1. The molecule has 2 rings (SSSR count). The van der Waals surface area contributed by atoms with Crippen LogP contribution in [0.2, 0.25) is 0 Å². The number of para-hydroxylation sites is 1. The van der Waals surface area contributed by atoms with E-state index in [2.05, 4.69) is 35.8 Å². The molecular formula is C14H21NOS. The lowest BCUT2D eigenvalue weighted by Gasteiger charge is -2.32. The van der Waals surface area contributed by atoms with Crippen LogP contribution in [0.3, 0.4) is 0 Å². The van der Waals surface area contributed by atoms with E-state index in [-0.39, 0.29) is 0 Å². The number of methoxy groups -OCH3 is 1. The van der Waals surface area contributed by atoms with Crippen LogP contribution in [0, 0.1) is 0 Å². The van der Waals surface area contributed by atoms with E-state index in [0.29, 0.717) is 12.1 Å². The number of nitrogens with one attached hydrogen (secondary N) is 1. The van der Waals surface area contributed by atoms with E-state index in [1.165, 1.54) is 36.3 Å². The molecular weight excluding hydrogens is 230 g/mol. The molecule has 1 aromatic carbocycles. The van der Waals surface area contributed by atoms with Crippen molar-refractivity contribution in [2.24, 2.45) is 0 Å². The van der Waals surface area contributed by atoms with Crippen LogP contribution in [0.4, 0.5) is 5.69 Å². The fourth-order valence-electron chi connectivity index (χ4n) is 2.51. The zero-order chi connectivity index (χ0) is 12.1. The predicted octanol–water partition coefficient (Wildman–Crippen LogP) is 3.78. The maximum atomic E-state index is 5.58. The molecule has 2 atom stereocenters. The molecule has 0 amide bonds. The van der Waals surface area contributed by atoms with Crippen molar-refractivity contribution >= 4 is 17.4 Å². The molecule has 0 aromatic heterocycles. The van der Waals surface area contributed by atoms with Gasteiger partial charge in [0.15, 0.2) is 0 Å². The minimum absolute atomic E-state index is 0.360. The summed E-state index contributed by atoms with van der Waals surface area (Å²) in [6, 6.07) is 8.96. The molecule has 0 saturated heterocycles. The van der Waals surface area contributed by atoms with Crippen LogP contribution in [0.1, 0.15) is 25.7 Å². The average Bonchev–Trinajstić information content (AvgIpc) is 2.40. The summed E-state index contributed by atoms with van der Waals surface area (Å²) in [6.45, 7) is 0. The van der Waals surface area contributed by atoms with Crippen molar-refractivity contribution in [3.05, 3.63) is 24.3 Å². The largest absolute Gasteiger partial charge is 0.379 e. The Labute approximate surface area is 108 Å². The standard InChI is InChI=1S/C14H21NOS/c1-16-13-9-5-3-7-11(13)15-12-8-4-6-10-14(12)17-2/h4,6,8,10-11,13,15H,3,5,7,9H2,1-2H3. The smallest absolute Gasteiger partial charge is 0.0772 e. The lowest BCUT2D eigenvalue weighted by molar-refractivity contribution is 0.0605. The summed E-state index contributed by atoms with van der Waals surface area (Å²) in [6.07, 6.45) is 7.46. The van der Waals surface area contributed by atoms with Gasteiger partial charge in [0.05, 0.1) is 12.1 Å². The first-order valence-corrected chi connectivity index (χ1v) is 7.50. The Morgan fingerprint density at radius 3 is 2.76 bits per heavy atom. The van der Waals surface area contributed by atoms with Crippen molar-refractivity contribution in [3.63, 3.8) is 0 Å². The third-order valence-electron chi connectivity index (χ3n) is 3.45. The molecule has 1 fully saturated rings. The number of hydrogen-bond acceptors (Lipinski definition) is 3. The van der Waals surface area contributed by atoms with Gasteiger partial charge in [0.25, 0.3) is 0 Å². The number of ether oxygens (including phenoxy) is 1. The van der Waals surface area contributed by atoms with Crippen LogP contribution in [-0.4, -0.2) is 25.5 Å². The molecule has 1 aliphatic carbocycles. The number of rotatable bonds is 4. The monoisotopic (exact) mass is 251 g/mol. The van der Waals surface area contributed by atoms with E-state index < -0.39 is 0 Å². The van der Waals surface area contributed by atoms with Crippen molar-refractivity contribution in [3.8, 4) is 0 Å². The summed E-state index contributed by atoms with van der Waals surface area (Å²) >= 11 is 1.79. The second-order valence-electron chi connectivity index (χ2n) is 4.51. The molecule has 2 nitrogen and oxygen atoms in total. The summed E-state index contributed by atoms with van der Waals surface area (Å²) in [7, 11) is 1.82. The third-order valence-corrected chi connectivity index (χ3v) is 4.25. The second-order valence-corrected chi connectivity index (χ2v) is 5.36. The zero-order valence-corrected chi connectivity index (χ0v) is 11.4. The van der Waals surface area contributed by atoms with Crippen LogP contribution in [0.5, 0.6) is 0 Å². The van der Waals surface area contributed by atoms with Crippen LogP contribution in [0.25, 0.3) is 0 Å². The molecule has 0 aliphatic heterocycles. The van der Waals surface area contributed by atoms with Gasteiger partial charge in [-0.3, -0.25) is 0 Å². The Morgan fingerprint density at radius 1 is 1.24 bits per heavy atom. The minimum atomic E-state index is 0.360. The van der Waals surface area contributed by atoms with Crippen LogP contribution in [0.15, 0.2) is 29.2 Å². The molecule has 2 unspecified atom stereocenters. The van der Waals surface area contributed by atoms with Gasteiger partial charge in [0.2, 0.25) is 0 Å². The van der Waals surface area contributed by atoms with Gasteiger partial charge in [-0.25, -0.2) is 0 Å². The van der Waals surface area contributed by atoms with Crippen molar-refractivity contribution in [1.29, 1.82) is 0 Å². The van der Waals surface area contributed by atoms with Crippen LogP contribution >= 0.6 is 11.8 Å². The first kappa shape index (κ1) is 12.8. The second kappa shape index (κ2) is 6.31. The molecule has 3 heteroatoms. The molecule has 1 aliphatic rings. The van der Waals surface area contributed by atoms with Crippen molar-refractivity contribution in [2.45, 2.75) is 42.7 Å². The van der Waals surface area contributed by atoms with Gasteiger partial charge in [0, 0.05) is 17.7 Å². The minimum Gasteiger partial charge on any atom is -0.379 e. The maximum Gasteiger partial charge on any atom is 0.0772 e. The molecule has 17 heavy (non-hydrogen) atoms. The molecule has 0 radical (unpaired) electrons. The highest BCUT2D eigenvalue weighted by Gasteiger charge is 2.25. The van der Waals surface area contributed by atoms with Crippen molar-refractivity contribution in [2.75, 3.05) is 18.7 Å². The van der Waals surface area contributed by atoms with Gasteiger partial charge in [-0.2, -0.15) is 0 Å². The summed E-state index contributed by atoms with van der Waals surface area (Å²) in [5.41, 5.74) is 1.24. The molecule has 1 saturated carbocycles. The fourth-order valence-corrected chi connectivity index (χ4v) is 3.07. The number of anilines is 1. The van der Waals surface area contributed by atoms with Gasteiger partial charge in [-0.15, -0.1) is 11.8 Å². The summed E-state index contributed by atoms with van der Waals surface area (Å²) in [4.78, 5) is 1.31. The van der Waals surface area contributed by atoms with E-state index >= 15 is 0 Å². The topological polar surface area (TPSA) is 21.3 Å². The Hall–Kier alpha value is -0.670. The normalized spacial score (nSPS) is 24.6. The lowest BCUT2D eigenvalue weighted by atomic mass is 9.92. The summed E-state index contributed by atoms with van der Waals surface area (Å²) in [5.74, 6) is 0. The highest BCUT2D eigenvalue weighted by atomic mass is 32.2. The van der Waals surface area contributed by atoms with E-state index in [1.54, 1.807) is 11.8 Å². The molecule has 1 N–H and O–H groups in total. The van der Waals surface area contributed by atoms with Crippen molar-refractivity contribution in [1.82, 2.24) is 0 Å². The van der Waals surface area contributed by atoms with E-state index in [0.717, 1.165) is 0 Å². The summed E-state index contributed by atoms with van der Waals surface area (Å²) < 4.78 is 5.58. The molecule has 0 bridgehead atoms. The van der Waals surface area contributed by atoms with Gasteiger partial charge in [0.1, 0.15) is 0 Å². The SMILES string of the molecule is COC1CCCCC1Nc1ccccc1SC. The third kappa shape index (κ3) is 3.17. The Bertz CT molecular complexity index is 356. The van der Waals surface area contributed by atoms with Crippen LogP contribution in [-0.2, 0) is 4.74 Å². The fraction of sp³-hybridized carbons (Fsp3) is 0.571. The van der Waals surface area contributed by atoms with Crippen molar-refractivity contribution < 1.29 is 4.74 Å². The van der Waals surface area contributed by atoms with Gasteiger partial charge in [-0.05, 0) is 31.2 Å². The number of benzene rings is 1. The Morgan fingerprint density at radius 2 is 2.00 bits per heavy atom. The molecule has 0 spiro atoms. The Kier molecular flexibility index (Phi) is 4.75. The van der Waals surface area contributed by atoms with Crippen LogP contribution < -0.4 is 5.32 Å². The molecule has 1 aromatic rings. The first-order chi connectivity index (χ1) is 8.35. The Balaban J connectivity index is 2.08. The van der Waals surface area contributed by atoms with Gasteiger partial charge >= 0.3 is 0 Å². The predicted molar refractivity (Wildman–Crippen MR) is 74.9 cm³/mol. The average molecular weight is 251 g/mol. The first-order valence-electron chi connectivity index (χ1n) is 6.27. The highest BCUT2D eigenvalue weighted by molar-refractivity contribution is 7.98. The molecule has 0 heterocycles. The summed E-state index contributed by atoms with van der Waals surface area (Å²) in [5, 5.41) is 3.66. The number of hydrogen-bond donors (Lipinski definition) is 1. The molecule has 94 valence electrons. The van der Waals surface area contributed by atoms with Gasteiger partial charge < -0.3 is 10.1 Å².